The molecule has 10 heteroatoms. The average Bonchev–Trinajstić information content (AvgIpc) is 3.84. The van der Waals surface area contributed by atoms with Crippen molar-refractivity contribution >= 4 is 51.7 Å². The van der Waals surface area contributed by atoms with E-state index in [1.165, 1.54) is 53.9 Å². The number of hydrogen-bond donors (Lipinski definition) is 2. The van der Waals surface area contributed by atoms with Gasteiger partial charge in [-0.3, -0.25) is 9.59 Å². The van der Waals surface area contributed by atoms with Gasteiger partial charge in [-0.15, -0.1) is 11.3 Å². The molecule has 4 aromatic rings. The smallest absolute Gasteiger partial charge is 0.326 e. The van der Waals surface area contributed by atoms with E-state index in [-0.39, 0.29) is 17.7 Å². The van der Waals surface area contributed by atoms with Crippen LogP contribution in [-0.2, 0) is 21.4 Å². The predicted molar refractivity (Wildman–Crippen MR) is 211 cm³/mol. The largest absolute Gasteiger partial charge is 0.480 e. The molecule has 2 aromatic heterocycles. The van der Waals surface area contributed by atoms with E-state index < -0.39 is 21.5 Å². The minimum Gasteiger partial charge on any atom is -0.480 e. The Labute approximate surface area is 318 Å². The molecule has 3 heterocycles. The number of alkyl halides is 1. The SMILES string of the molecule is CC[C@H]1CC[C@H](c2ccc(-c3cnc(-c4ccc(C[C@@](I)(NC(=O)c5ccc(C(C)(C)C)s5)C(=O)N5CCC[C@H]5C(=O)O)cc4)nc3)cc2)CC1. The standard InChI is InChI=1S/C41H47IN4O4S/c1-5-26-8-12-28(13-9-26)29-16-18-30(19-17-29)32-24-43-36(44-25-32)31-14-10-27(11-15-31)23-41(42,39(50)46-22-6-7-33(46)38(48)49)45-37(47)34-20-21-35(51-34)40(2,3)4/h10-11,14-21,24-26,28,33H,5-9,12-13,22-23H2,1-4H3,(H,45,47)(H,48,49)/t26-,28-,33-,41+/m0/s1. The van der Waals surface area contributed by atoms with Gasteiger partial charge in [-0.25, -0.2) is 14.8 Å². The van der Waals surface area contributed by atoms with Crippen LogP contribution >= 0.6 is 33.9 Å². The Morgan fingerprint density at radius 2 is 1.53 bits per heavy atom. The van der Waals surface area contributed by atoms with Crippen LogP contribution in [0.4, 0.5) is 0 Å². The lowest BCUT2D eigenvalue weighted by Crippen LogP contribution is -2.58. The number of nitrogens with one attached hydrogen (secondary N) is 1. The highest BCUT2D eigenvalue weighted by Gasteiger charge is 2.46. The summed E-state index contributed by atoms with van der Waals surface area (Å²) in [5, 5.41) is 12.8. The number of carboxylic acids is 1. The lowest BCUT2D eigenvalue weighted by molar-refractivity contribution is -0.149. The van der Waals surface area contributed by atoms with Crippen LogP contribution in [0, 0.1) is 5.92 Å². The van der Waals surface area contributed by atoms with Crippen molar-refractivity contribution in [2.24, 2.45) is 5.92 Å². The number of carbonyl (C=O) groups excluding carboxylic acids is 2. The molecule has 0 spiro atoms. The van der Waals surface area contributed by atoms with Gasteiger partial charge in [0.2, 0.25) is 0 Å². The van der Waals surface area contributed by atoms with Gasteiger partial charge in [0.25, 0.3) is 11.8 Å². The molecule has 268 valence electrons. The zero-order chi connectivity index (χ0) is 36.3. The van der Waals surface area contributed by atoms with E-state index in [0.717, 1.165) is 33.0 Å². The van der Waals surface area contributed by atoms with E-state index in [0.29, 0.717) is 36.0 Å². The normalized spacial score (nSPS) is 20.5. The first kappa shape index (κ1) is 37.1. The van der Waals surface area contributed by atoms with Crippen LogP contribution in [0.2, 0.25) is 0 Å². The van der Waals surface area contributed by atoms with E-state index in [1.54, 1.807) is 6.07 Å². The van der Waals surface area contributed by atoms with Gasteiger partial charge in [-0.1, -0.05) is 82.6 Å². The van der Waals surface area contributed by atoms with E-state index in [4.69, 9.17) is 0 Å². The van der Waals surface area contributed by atoms with Crippen LogP contribution in [0.25, 0.3) is 22.5 Å². The molecule has 0 bridgehead atoms. The number of carbonyl (C=O) groups is 3. The van der Waals surface area contributed by atoms with Gasteiger partial charge in [0.05, 0.1) is 4.88 Å². The Bertz CT molecular complexity index is 1840. The second-order valence-electron chi connectivity index (χ2n) is 15.1. The number of amides is 2. The van der Waals surface area contributed by atoms with Crippen molar-refractivity contribution in [3.8, 4) is 22.5 Å². The number of aromatic nitrogens is 2. The summed E-state index contributed by atoms with van der Waals surface area (Å²) in [6.07, 6.45) is 11.4. The molecule has 1 saturated carbocycles. The number of carboxylic acid groups (broad SMARTS) is 1. The van der Waals surface area contributed by atoms with Gasteiger partial charge in [0, 0.05) is 41.4 Å². The molecule has 2 amide bonds. The second-order valence-corrected chi connectivity index (χ2v) is 18.0. The van der Waals surface area contributed by atoms with Crippen molar-refractivity contribution in [2.45, 2.75) is 100.0 Å². The van der Waals surface area contributed by atoms with Crippen molar-refractivity contribution in [1.29, 1.82) is 0 Å². The number of likely N-dealkylation sites (tertiary alicyclic amines) is 1. The molecule has 51 heavy (non-hydrogen) atoms. The average molecular weight is 819 g/mol. The Morgan fingerprint density at radius 3 is 2.12 bits per heavy atom. The molecule has 2 aromatic carbocycles. The highest BCUT2D eigenvalue weighted by atomic mass is 127. The Kier molecular flexibility index (Phi) is 11.3. The minimum absolute atomic E-state index is 0.116. The van der Waals surface area contributed by atoms with Crippen LogP contribution in [0.5, 0.6) is 0 Å². The van der Waals surface area contributed by atoms with Crippen molar-refractivity contribution in [3.05, 3.63) is 93.9 Å². The highest BCUT2D eigenvalue weighted by Crippen LogP contribution is 2.38. The van der Waals surface area contributed by atoms with Crippen LogP contribution in [0.1, 0.15) is 104 Å². The molecular formula is C41H47IN4O4S. The monoisotopic (exact) mass is 818 g/mol. The quantitative estimate of drug-likeness (QED) is 0.0939. The summed E-state index contributed by atoms with van der Waals surface area (Å²) in [6, 6.07) is 19.3. The maximum atomic E-state index is 14.1. The van der Waals surface area contributed by atoms with Gasteiger partial charge < -0.3 is 15.3 Å². The van der Waals surface area contributed by atoms with E-state index >= 15 is 0 Å². The second kappa shape index (κ2) is 15.5. The zero-order valence-electron chi connectivity index (χ0n) is 29.8. The molecule has 2 aliphatic rings. The Morgan fingerprint density at radius 1 is 0.882 bits per heavy atom. The van der Waals surface area contributed by atoms with Gasteiger partial charge >= 0.3 is 5.97 Å². The third kappa shape index (κ3) is 8.54. The first-order valence-electron chi connectivity index (χ1n) is 18.0. The molecule has 1 saturated heterocycles. The maximum Gasteiger partial charge on any atom is 0.326 e. The van der Waals surface area contributed by atoms with Gasteiger partial charge in [0.15, 0.2) is 9.37 Å². The summed E-state index contributed by atoms with van der Waals surface area (Å²) >= 11 is 3.40. The minimum atomic E-state index is -1.40. The first-order valence-corrected chi connectivity index (χ1v) is 19.9. The number of thiophene rings is 1. The summed E-state index contributed by atoms with van der Waals surface area (Å²) in [7, 11) is 0. The Balaban J connectivity index is 1.17. The number of nitrogens with zero attached hydrogens (tertiary/aromatic N) is 3. The lowest BCUT2D eigenvalue weighted by Gasteiger charge is -2.33. The zero-order valence-corrected chi connectivity index (χ0v) is 32.8. The molecule has 2 atom stereocenters. The number of halogens is 1. The molecule has 0 radical (unpaired) electrons. The fourth-order valence-electron chi connectivity index (χ4n) is 7.30. The third-order valence-corrected chi connectivity index (χ3v) is 13.1. The molecule has 8 nitrogen and oxygen atoms in total. The fourth-order valence-corrected chi connectivity index (χ4v) is 9.26. The topological polar surface area (TPSA) is 112 Å². The van der Waals surface area contributed by atoms with Crippen LogP contribution < -0.4 is 5.32 Å². The van der Waals surface area contributed by atoms with E-state index in [9.17, 15) is 19.5 Å². The summed E-state index contributed by atoms with van der Waals surface area (Å²) in [5.74, 6) is 0.331. The summed E-state index contributed by atoms with van der Waals surface area (Å²) < 4.78 is -1.40. The van der Waals surface area contributed by atoms with Crippen molar-refractivity contribution in [2.75, 3.05) is 6.54 Å². The van der Waals surface area contributed by atoms with Crippen LogP contribution in [0.15, 0.2) is 73.1 Å². The molecule has 6 rings (SSSR count). The molecule has 2 fully saturated rings. The maximum absolute atomic E-state index is 14.1. The number of hydrogen-bond acceptors (Lipinski definition) is 6. The summed E-state index contributed by atoms with van der Waals surface area (Å²) in [5.41, 5.74) is 5.00. The number of benzene rings is 2. The first-order chi connectivity index (χ1) is 24.3. The van der Waals surface area contributed by atoms with Crippen molar-refractivity contribution < 1.29 is 19.5 Å². The van der Waals surface area contributed by atoms with E-state index in [1.807, 2.05) is 65.3 Å². The lowest BCUT2D eigenvalue weighted by atomic mass is 9.78. The highest BCUT2D eigenvalue weighted by molar-refractivity contribution is 14.1. The van der Waals surface area contributed by atoms with Gasteiger partial charge in [-0.05, 0) is 107 Å². The molecular weight excluding hydrogens is 771 g/mol. The number of aliphatic carboxylic acids is 1. The Hall–Kier alpha value is -3.64. The molecule has 1 aliphatic heterocycles. The van der Waals surface area contributed by atoms with Gasteiger partial charge in [-0.2, -0.15) is 0 Å². The molecule has 2 N–H and O–H groups in total. The summed E-state index contributed by atoms with van der Waals surface area (Å²) in [6.45, 7) is 8.90. The van der Waals surface area contributed by atoms with E-state index in [2.05, 4.69) is 67.2 Å². The fraction of sp³-hybridized carbons (Fsp3) is 0.439. The molecule has 0 unspecified atom stereocenters. The summed E-state index contributed by atoms with van der Waals surface area (Å²) in [4.78, 5) is 52.0. The predicted octanol–water partition coefficient (Wildman–Crippen LogP) is 9.03. The molecule has 1 aliphatic carbocycles. The van der Waals surface area contributed by atoms with Crippen molar-refractivity contribution in [1.82, 2.24) is 20.2 Å². The van der Waals surface area contributed by atoms with Crippen LogP contribution in [0.3, 0.4) is 0 Å². The van der Waals surface area contributed by atoms with Gasteiger partial charge in [0.1, 0.15) is 6.04 Å². The van der Waals surface area contributed by atoms with Crippen LogP contribution in [-0.4, -0.2) is 53.9 Å². The third-order valence-electron chi connectivity index (χ3n) is 10.5. The van der Waals surface area contributed by atoms with Crippen molar-refractivity contribution in [3.63, 3.8) is 0 Å². The number of rotatable bonds is 10.